The predicted molar refractivity (Wildman–Crippen MR) is 257 cm³/mol. The monoisotopic (exact) mass is 846 g/mol. The Labute approximate surface area is 371 Å². The van der Waals surface area contributed by atoms with Crippen molar-refractivity contribution in [3.63, 3.8) is 0 Å². The molecule has 2 N–H and O–H groups in total. The second-order valence-corrected chi connectivity index (χ2v) is 16.6. The molecule has 0 spiro atoms. The Kier molecular flexibility index (Phi) is 10.9. The van der Waals surface area contributed by atoms with Crippen molar-refractivity contribution in [1.82, 2.24) is 53.9 Å². The van der Waals surface area contributed by atoms with E-state index in [2.05, 4.69) is 178 Å². The molecule has 10 aromatic rings. The van der Waals surface area contributed by atoms with E-state index in [1.807, 2.05) is 25.5 Å². The van der Waals surface area contributed by atoms with Gasteiger partial charge in [0.05, 0.1) is 46.5 Å². The molecule has 11 rings (SSSR count). The number of anilines is 3. The molecule has 0 radical (unpaired) electrons. The zero-order valence-electron chi connectivity index (χ0n) is 36.7. The van der Waals surface area contributed by atoms with Crippen molar-refractivity contribution in [2.45, 2.75) is 19.5 Å². The minimum Gasteiger partial charge on any atom is -0.379 e. The molecule has 1 aliphatic heterocycles. The highest BCUT2D eigenvalue weighted by atomic mass is 15.4. The van der Waals surface area contributed by atoms with Crippen LogP contribution < -0.4 is 15.5 Å². The molecule has 0 amide bonds. The largest absolute Gasteiger partial charge is 0.379 e. The summed E-state index contributed by atoms with van der Waals surface area (Å²) in [5, 5.41) is 17.6. The Bertz CT molecular complexity index is 3270. The smallest absolute Gasteiger partial charge is 0.0966 e. The van der Waals surface area contributed by atoms with Crippen LogP contribution in [0.4, 0.5) is 17.1 Å². The molecule has 0 saturated carbocycles. The first kappa shape index (κ1) is 40.4. The molecule has 64 heavy (non-hydrogen) atoms. The van der Waals surface area contributed by atoms with E-state index >= 15 is 0 Å². The fourth-order valence-electron chi connectivity index (χ4n) is 8.69. The zero-order chi connectivity index (χ0) is 43.7. The van der Waals surface area contributed by atoms with Crippen LogP contribution in [0.2, 0.25) is 0 Å². The number of benzene rings is 4. The highest BCUT2D eigenvalue weighted by Crippen LogP contribution is 2.36. The summed E-state index contributed by atoms with van der Waals surface area (Å²) in [5.74, 6) is 0. The average molecular weight is 847 g/mol. The van der Waals surface area contributed by atoms with Crippen LogP contribution in [0.5, 0.6) is 0 Å². The minimum atomic E-state index is 0.0747. The van der Waals surface area contributed by atoms with E-state index in [0.29, 0.717) is 6.54 Å². The number of aryl methyl sites for hydroxylation is 3. The van der Waals surface area contributed by atoms with E-state index in [1.54, 1.807) is 35.7 Å². The van der Waals surface area contributed by atoms with Gasteiger partial charge in [0.2, 0.25) is 0 Å². The molecule has 6 aromatic heterocycles. The number of piperazine rings is 1. The number of pyridine rings is 1. The predicted octanol–water partition coefficient (Wildman–Crippen LogP) is 8.64. The number of hydrogen-bond acceptors (Lipinski definition) is 11. The second kappa shape index (κ2) is 17.2. The first-order valence-corrected chi connectivity index (χ1v) is 21.6. The molecule has 1 aliphatic rings. The topological polar surface area (TPSA) is 136 Å². The highest BCUT2D eigenvalue weighted by molar-refractivity contribution is 5.98. The molecule has 0 bridgehead atoms. The van der Waals surface area contributed by atoms with Gasteiger partial charge in [0.15, 0.2) is 0 Å². The SMILES string of the molecule is CC(Nc1cc(-c2ccc3ccn(C)c3c2)c2nccnc2c1)c1cnccc1N1CCN(C)CC1.Cn1nncc1CNc1cc(-c2ccc3ccn(C)c3c2)c2nccnc2c1. The minimum absolute atomic E-state index is 0.0747. The third kappa shape index (κ3) is 8.06. The lowest BCUT2D eigenvalue weighted by Gasteiger charge is -2.36. The van der Waals surface area contributed by atoms with Crippen LogP contribution in [0.3, 0.4) is 0 Å². The van der Waals surface area contributed by atoms with Gasteiger partial charge in [0.25, 0.3) is 0 Å². The van der Waals surface area contributed by atoms with Crippen LogP contribution in [0, 0.1) is 0 Å². The number of aromatic nitrogens is 10. The molecular formula is C50H50N14. The van der Waals surface area contributed by atoms with Gasteiger partial charge in [-0.2, -0.15) is 0 Å². The third-order valence-electron chi connectivity index (χ3n) is 12.3. The van der Waals surface area contributed by atoms with Gasteiger partial charge < -0.3 is 29.6 Å². The van der Waals surface area contributed by atoms with Gasteiger partial charge in [-0.3, -0.25) is 29.6 Å². The summed E-state index contributed by atoms with van der Waals surface area (Å²) in [6, 6.07) is 28.0. The molecule has 4 aromatic carbocycles. The molecule has 320 valence electrons. The van der Waals surface area contributed by atoms with E-state index in [0.717, 1.165) is 87.6 Å². The van der Waals surface area contributed by atoms with Gasteiger partial charge in [0, 0.05) is 142 Å². The molecule has 14 heteroatoms. The first-order valence-electron chi connectivity index (χ1n) is 21.6. The van der Waals surface area contributed by atoms with Crippen molar-refractivity contribution >= 4 is 60.9 Å². The van der Waals surface area contributed by atoms with Crippen molar-refractivity contribution in [3.8, 4) is 22.3 Å². The summed E-state index contributed by atoms with van der Waals surface area (Å²) >= 11 is 0. The third-order valence-corrected chi connectivity index (χ3v) is 12.3. The van der Waals surface area contributed by atoms with Crippen LogP contribution in [-0.4, -0.2) is 87.2 Å². The lowest BCUT2D eigenvalue weighted by Crippen LogP contribution is -2.45. The summed E-state index contributed by atoms with van der Waals surface area (Å²) < 4.78 is 6.04. The number of hydrogen-bond donors (Lipinski definition) is 2. The number of nitrogens with one attached hydrogen (secondary N) is 2. The van der Waals surface area contributed by atoms with Gasteiger partial charge in [-0.25, -0.2) is 0 Å². The quantitative estimate of drug-likeness (QED) is 0.145. The van der Waals surface area contributed by atoms with Gasteiger partial charge in [-0.1, -0.05) is 29.5 Å². The number of nitrogens with zero attached hydrogens (tertiary/aromatic N) is 12. The molecule has 7 heterocycles. The van der Waals surface area contributed by atoms with Gasteiger partial charge in [0.1, 0.15) is 0 Å². The first-order chi connectivity index (χ1) is 31.3. The van der Waals surface area contributed by atoms with Gasteiger partial charge in [-0.15, -0.1) is 5.10 Å². The Morgan fingerprint density at radius 3 is 1.81 bits per heavy atom. The molecule has 1 saturated heterocycles. The molecule has 1 atom stereocenters. The molecule has 0 aliphatic carbocycles. The standard InChI is InChI=1S/C29H31N7.C21H19N7/c1-20(25-19-30-8-6-27(25)36-14-12-34(2)13-15-36)33-23-17-24(29-26(18-23)31-9-10-32-29)22-5-4-21-7-11-35(3)28(21)16-22;1-27-8-5-14-3-4-15(9-20(14)27)18-10-16(11-19-21(18)23-7-6-22-19)24-12-17-13-25-26-28(17)2/h4-11,16-20,33H,12-15H2,1-3H3;3-11,13,24H,12H2,1-2H3. The number of fused-ring (bicyclic) bond motifs is 4. The lowest BCUT2D eigenvalue weighted by atomic mass is 10.0. The van der Waals surface area contributed by atoms with Crippen LogP contribution in [0.15, 0.2) is 135 Å². The van der Waals surface area contributed by atoms with Crippen molar-refractivity contribution < 1.29 is 0 Å². The summed E-state index contributed by atoms with van der Waals surface area (Å²) in [7, 11) is 8.21. The molecule has 1 unspecified atom stereocenters. The van der Waals surface area contributed by atoms with Crippen LogP contribution in [0.1, 0.15) is 24.2 Å². The Hall–Kier alpha value is -7.71. The van der Waals surface area contributed by atoms with Crippen LogP contribution in [0.25, 0.3) is 66.1 Å². The summed E-state index contributed by atoms with van der Waals surface area (Å²) in [4.78, 5) is 27.8. The normalized spacial score (nSPS) is 13.7. The van der Waals surface area contributed by atoms with Crippen molar-refractivity contribution in [2.24, 2.45) is 21.1 Å². The van der Waals surface area contributed by atoms with Crippen molar-refractivity contribution in [1.29, 1.82) is 0 Å². The Morgan fingerprint density at radius 1 is 0.609 bits per heavy atom. The second-order valence-electron chi connectivity index (χ2n) is 16.6. The fourth-order valence-corrected chi connectivity index (χ4v) is 8.69. The maximum Gasteiger partial charge on any atom is 0.0966 e. The van der Waals surface area contributed by atoms with E-state index in [9.17, 15) is 0 Å². The highest BCUT2D eigenvalue weighted by Gasteiger charge is 2.21. The van der Waals surface area contributed by atoms with Crippen LogP contribution in [-0.2, 0) is 27.7 Å². The number of likely N-dealkylation sites (N-methyl/N-ethyl adjacent to an activating group) is 1. The van der Waals surface area contributed by atoms with Crippen molar-refractivity contribution in [2.75, 3.05) is 48.8 Å². The van der Waals surface area contributed by atoms with Gasteiger partial charge in [-0.05, 0) is 90.5 Å². The van der Waals surface area contributed by atoms with Gasteiger partial charge >= 0.3 is 0 Å². The fraction of sp³-hybridized carbons (Fsp3) is 0.220. The Balaban J connectivity index is 0.000000156. The van der Waals surface area contributed by atoms with Crippen molar-refractivity contribution in [3.05, 3.63) is 146 Å². The maximum atomic E-state index is 4.69. The lowest BCUT2D eigenvalue weighted by molar-refractivity contribution is 0.312. The number of rotatable bonds is 9. The molecular weight excluding hydrogens is 797 g/mol. The molecule has 14 nitrogen and oxygen atoms in total. The van der Waals surface area contributed by atoms with E-state index in [-0.39, 0.29) is 6.04 Å². The average Bonchev–Trinajstić information content (AvgIpc) is 4.04. The van der Waals surface area contributed by atoms with Crippen LogP contribution >= 0.6 is 0 Å². The summed E-state index contributed by atoms with van der Waals surface area (Å²) in [5.41, 5.74) is 15.8. The Morgan fingerprint density at radius 2 is 1.20 bits per heavy atom. The molecule has 1 fully saturated rings. The maximum absolute atomic E-state index is 4.69. The van der Waals surface area contributed by atoms with E-state index in [1.165, 1.54) is 33.1 Å². The summed E-state index contributed by atoms with van der Waals surface area (Å²) in [6.45, 7) is 7.03. The van der Waals surface area contributed by atoms with E-state index in [4.69, 9.17) is 0 Å². The summed E-state index contributed by atoms with van der Waals surface area (Å²) in [6.07, 6.45) is 16.8. The van der Waals surface area contributed by atoms with E-state index < -0.39 is 0 Å². The zero-order valence-corrected chi connectivity index (χ0v) is 36.7.